The minimum Gasteiger partial charge on any atom is -0.384 e. The third kappa shape index (κ3) is 3.94. The van der Waals surface area contributed by atoms with E-state index in [1.165, 1.54) is 6.07 Å². The van der Waals surface area contributed by atoms with Crippen LogP contribution < -0.4 is 5.32 Å². The first-order valence-corrected chi connectivity index (χ1v) is 6.24. The van der Waals surface area contributed by atoms with Crippen LogP contribution in [0.2, 0.25) is 0 Å². The lowest BCUT2D eigenvalue weighted by atomic mass is 10.1. The topological polar surface area (TPSA) is 73.1 Å². The maximum Gasteiger partial charge on any atom is 0.255 e. The summed E-state index contributed by atoms with van der Waals surface area (Å²) in [4.78, 5) is 12.1. The molecule has 0 atom stereocenters. The van der Waals surface area contributed by atoms with Gasteiger partial charge in [0, 0.05) is 16.8 Å². The number of anilines is 1. The maximum atomic E-state index is 12.1. The molecule has 0 aliphatic carbocycles. The van der Waals surface area contributed by atoms with E-state index in [9.17, 15) is 4.79 Å². The van der Waals surface area contributed by atoms with Gasteiger partial charge in [0.05, 0.1) is 11.6 Å². The van der Waals surface area contributed by atoms with Gasteiger partial charge in [0.25, 0.3) is 5.91 Å². The average molecular weight is 276 g/mol. The molecule has 102 valence electrons. The van der Waals surface area contributed by atoms with Crippen molar-refractivity contribution < 1.29 is 9.90 Å². The molecule has 0 aromatic heterocycles. The number of benzene rings is 2. The Bertz CT molecular complexity index is 747. The van der Waals surface area contributed by atoms with Crippen LogP contribution in [0.1, 0.15) is 21.5 Å². The molecule has 0 saturated heterocycles. The second-order valence-corrected chi connectivity index (χ2v) is 4.18. The van der Waals surface area contributed by atoms with Gasteiger partial charge in [0.1, 0.15) is 6.61 Å². The van der Waals surface area contributed by atoms with Gasteiger partial charge in [-0.15, -0.1) is 0 Å². The van der Waals surface area contributed by atoms with Gasteiger partial charge in [-0.1, -0.05) is 17.9 Å². The van der Waals surface area contributed by atoms with Crippen molar-refractivity contribution in [2.24, 2.45) is 0 Å². The molecule has 4 heteroatoms. The average Bonchev–Trinajstić information content (AvgIpc) is 2.54. The zero-order chi connectivity index (χ0) is 15.1. The largest absolute Gasteiger partial charge is 0.384 e. The van der Waals surface area contributed by atoms with Gasteiger partial charge in [0.15, 0.2) is 0 Å². The molecule has 0 spiro atoms. The van der Waals surface area contributed by atoms with Crippen molar-refractivity contribution in [3.05, 3.63) is 65.2 Å². The Balaban J connectivity index is 2.10. The first kappa shape index (κ1) is 14.3. The fraction of sp³-hybridized carbons (Fsp3) is 0.0588. The third-order valence-corrected chi connectivity index (χ3v) is 2.71. The number of hydrogen-bond donors (Lipinski definition) is 2. The monoisotopic (exact) mass is 276 g/mol. The number of amides is 1. The Hall–Kier alpha value is -3.08. The van der Waals surface area contributed by atoms with Crippen molar-refractivity contribution in [3.8, 4) is 17.9 Å². The second-order valence-electron chi connectivity index (χ2n) is 4.18. The highest BCUT2D eigenvalue weighted by Crippen LogP contribution is 2.12. The number of carbonyl (C=O) groups is 1. The Kier molecular flexibility index (Phi) is 4.71. The number of carbonyl (C=O) groups excluding carboxylic acids is 1. The zero-order valence-electron chi connectivity index (χ0n) is 11.1. The normalized spacial score (nSPS) is 9.14. The van der Waals surface area contributed by atoms with E-state index in [1.54, 1.807) is 42.5 Å². The smallest absolute Gasteiger partial charge is 0.255 e. The van der Waals surface area contributed by atoms with E-state index in [4.69, 9.17) is 10.4 Å². The highest BCUT2D eigenvalue weighted by atomic mass is 16.2. The summed E-state index contributed by atoms with van der Waals surface area (Å²) in [5.41, 5.74) is 2.26. The lowest BCUT2D eigenvalue weighted by Gasteiger charge is -2.05. The van der Waals surface area contributed by atoms with E-state index in [2.05, 4.69) is 17.2 Å². The van der Waals surface area contributed by atoms with Crippen LogP contribution in [-0.2, 0) is 0 Å². The number of nitriles is 1. The number of aliphatic hydroxyl groups excluding tert-OH is 1. The highest BCUT2D eigenvalue weighted by molar-refractivity contribution is 6.04. The van der Waals surface area contributed by atoms with Crippen molar-refractivity contribution in [1.29, 1.82) is 5.26 Å². The Morgan fingerprint density at radius 3 is 2.57 bits per heavy atom. The number of hydrogen-bond acceptors (Lipinski definition) is 3. The molecule has 2 rings (SSSR count). The standard InChI is InChI=1S/C17H12N2O2/c18-12-14-3-1-5-15(11-14)17(21)19-16-8-6-13(7-9-16)4-2-10-20/h1,3,5-9,11,20H,10H2,(H,19,21). The summed E-state index contributed by atoms with van der Waals surface area (Å²) in [5, 5.41) is 20.2. The van der Waals surface area contributed by atoms with Crippen molar-refractivity contribution >= 4 is 11.6 Å². The van der Waals surface area contributed by atoms with E-state index < -0.39 is 0 Å². The minimum atomic E-state index is -0.277. The van der Waals surface area contributed by atoms with Crippen LogP contribution in [0.15, 0.2) is 48.5 Å². The molecule has 0 fully saturated rings. The molecule has 1 amide bonds. The Morgan fingerprint density at radius 2 is 1.90 bits per heavy atom. The van der Waals surface area contributed by atoms with E-state index in [-0.39, 0.29) is 12.5 Å². The SMILES string of the molecule is N#Cc1cccc(C(=O)Nc2ccc(C#CCO)cc2)c1. The van der Waals surface area contributed by atoms with E-state index in [0.29, 0.717) is 16.8 Å². The van der Waals surface area contributed by atoms with Crippen LogP contribution in [0, 0.1) is 23.2 Å². The molecule has 2 aromatic carbocycles. The van der Waals surface area contributed by atoms with E-state index in [1.807, 2.05) is 6.07 Å². The zero-order valence-corrected chi connectivity index (χ0v) is 11.1. The van der Waals surface area contributed by atoms with Crippen molar-refractivity contribution in [3.63, 3.8) is 0 Å². The molecule has 21 heavy (non-hydrogen) atoms. The maximum absolute atomic E-state index is 12.1. The lowest BCUT2D eigenvalue weighted by Crippen LogP contribution is -2.11. The molecule has 0 radical (unpaired) electrons. The number of rotatable bonds is 2. The first-order chi connectivity index (χ1) is 10.2. The van der Waals surface area contributed by atoms with Gasteiger partial charge in [-0.3, -0.25) is 4.79 Å². The predicted octanol–water partition coefficient (Wildman–Crippen LogP) is 2.15. The second kappa shape index (κ2) is 6.91. The molecule has 2 aromatic rings. The van der Waals surface area contributed by atoms with Gasteiger partial charge in [-0.2, -0.15) is 5.26 Å². The quantitative estimate of drug-likeness (QED) is 0.825. The minimum absolute atomic E-state index is 0.187. The highest BCUT2D eigenvalue weighted by Gasteiger charge is 2.06. The van der Waals surface area contributed by atoms with Crippen LogP contribution in [0.4, 0.5) is 5.69 Å². The van der Waals surface area contributed by atoms with E-state index in [0.717, 1.165) is 5.56 Å². The number of nitrogens with one attached hydrogen (secondary N) is 1. The summed E-state index contributed by atoms with van der Waals surface area (Å²) in [5.74, 6) is 5.05. The van der Waals surface area contributed by atoms with Crippen molar-refractivity contribution in [1.82, 2.24) is 0 Å². The molecule has 0 aliphatic heterocycles. The van der Waals surface area contributed by atoms with Crippen LogP contribution in [0.5, 0.6) is 0 Å². The summed E-state index contributed by atoms with van der Waals surface area (Å²) in [7, 11) is 0. The van der Waals surface area contributed by atoms with Crippen LogP contribution in [0.25, 0.3) is 0 Å². The molecular formula is C17H12N2O2. The fourth-order valence-corrected chi connectivity index (χ4v) is 1.71. The Labute approximate surface area is 122 Å². The predicted molar refractivity (Wildman–Crippen MR) is 79.5 cm³/mol. The number of aliphatic hydroxyl groups is 1. The molecule has 0 unspecified atom stereocenters. The number of nitrogens with zero attached hydrogens (tertiary/aromatic N) is 1. The fourth-order valence-electron chi connectivity index (χ4n) is 1.71. The van der Waals surface area contributed by atoms with Gasteiger partial charge in [0.2, 0.25) is 0 Å². The summed E-state index contributed by atoms with van der Waals surface area (Å²) in [6.07, 6.45) is 0. The molecular weight excluding hydrogens is 264 g/mol. The van der Waals surface area contributed by atoms with Crippen molar-refractivity contribution in [2.45, 2.75) is 0 Å². The van der Waals surface area contributed by atoms with Gasteiger partial charge >= 0.3 is 0 Å². The molecule has 2 N–H and O–H groups in total. The first-order valence-electron chi connectivity index (χ1n) is 6.24. The van der Waals surface area contributed by atoms with Gasteiger partial charge in [-0.05, 0) is 42.5 Å². The molecule has 0 bridgehead atoms. The van der Waals surface area contributed by atoms with Gasteiger partial charge in [-0.25, -0.2) is 0 Å². The van der Waals surface area contributed by atoms with Crippen LogP contribution >= 0.6 is 0 Å². The molecule has 0 heterocycles. The summed E-state index contributed by atoms with van der Waals surface area (Å²) in [6.45, 7) is -0.187. The van der Waals surface area contributed by atoms with Crippen LogP contribution in [0.3, 0.4) is 0 Å². The molecule has 0 aliphatic rings. The third-order valence-electron chi connectivity index (χ3n) is 2.71. The van der Waals surface area contributed by atoms with Crippen molar-refractivity contribution in [2.75, 3.05) is 11.9 Å². The Morgan fingerprint density at radius 1 is 1.14 bits per heavy atom. The molecule has 0 saturated carbocycles. The lowest BCUT2D eigenvalue weighted by molar-refractivity contribution is 0.102. The molecule has 4 nitrogen and oxygen atoms in total. The summed E-state index contributed by atoms with van der Waals surface area (Å²) >= 11 is 0. The summed E-state index contributed by atoms with van der Waals surface area (Å²) < 4.78 is 0. The van der Waals surface area contributed by atoms with Crippen LogP contribution in [-0.4, -0.2) is 17.6 Å². The van der Waals surface area contributed by atoms with Gasteiger partial charge < -0.3 is 10.4 Å². The van der Waals surface area contributed by atoms with E-state index >= 15 is 0 Å². The summed E-state index contributed by atoms with van der Waals surface area (Å²) in [6, 6.07) is 15.5.